The molecular weight excluding hydrogens is 254 g/mol. The number of ether oxygens (including phenoxy) is 1. The SMILES string of the molecule is N#CCN(C1CCCC1)S(=O)(=O)N1CCOCC1. The van der Waals surface area contributed by atoms with E-state index in [1.165, 1.54) is 8.61 Å². The van der Waals surface area contributed by atoms with Crippen molar-refractivity contribution in [3.05, 3.63) is 0 Å². The molecule has 6 nitrogen and oxygen atoms in total. The summed E-state index contributed by atoms with van der Waals surface area (Å²) in [7, 11) is -3.51. The summed E-state index contributed by atoms with van der Waals surface area (Å²) in [5, 5.41) is 8.86. The van der Waals surface area contributed by atoms with Crippen LogP contribution in [-0.2, 0) is 14.9 Å². The highest BCUT2D eigenvalue weighted by Gasteiger charge is 2.36. The first-order valence-corrected chi connectivity index (χ1v) is 7.77. The molecule has 1 heterocycles. The van der Waals surface area contributed by atoms with E-state index in [2.05, 4.69) is 0 Å². The molecule has 0 N–H and O–H groups in total. The predicted octanol–water partition coefficient (Wildman–Crippen LogP) is 0.332. The van der Waals surface area contributed by atoms with Crippen LogP contribution in [0.15, 0.2) is 0 Å². The lowest BCUT2D eigenvalue weighted by Gasteiger charge is -2.33. The lowest BCUT2D eigenvalue weighted by Crippen LogP contribution is -2.51. The zero-order valence-electron chi connectivity index (χ0n) is 10.4. The Bertz CT molecular complexity index is 406. The Hall–Kier alpha value is -0.680. The van der Waals surface area contributed by atoms with Crippen LogP contribution < -0.4 is 0 Å². The summed E-state index contributed by atoms with van der Waals surface area (Å²) < 4.78 is 33.0. The van der Waals surface area contributed by atoms with Crippen LogP contribution in [0.3, 0.4) is 0 Å². The minimum absolute atomic E-state index is 0.00232. The van der Waals surface area contributed by atoms with Crippen LogP contribution in [0.25, 0.3) is 0 Å². The van der Waals surface area contributed by atoms with Crippen molar-refractivity contribution < 1.29 is 13.2 Å². The molecule has 0 unspecified atom stereocenters. The van der Waals surface area contributed by atoms with Gasteiger partial charge in [0.2, 0.25) is 0 Å². The summed E-state index contributed by atoms with van der Waals surface area (Å²) in [6.07, 6.45) is 3.83. The average molecular weight is 273 g/mol. The molecule has 2 aliphatic rings. The molecule has 1 saturated carbocycles. The zero-order chi connectivity index (χ0) is 13.0. The molecule has 2 fully saturated rings. The summed E-state index contributed by atoms with van der Waals surface area (Å²) in [4.78, 5) is 0. The van der Waals surface area contributed by atoms with E-state index < -0.39 is 10.2 Å². The molecule has 0 atom stereocenters. The zero-order valence-corrected chi connectivity index (χ0v) is 11.2. The lowest BCUT2D eigenvalue weighted by molar-refractivity contribution is 0.0695. The van der Waals surface area contributed by atoms with Crippen molar-refractivity contribution in [3.63, 3.8) is 0 Å². The van der Waals surface area contributed by atoms with Gasteiger partial charge in [0.05, 0.1) is 19.3 Å². The number of nitrogens with zero attached hydrogens (tertiary/aromatic N) is 3. The molecule has 0 aromatic heterocycles. The first-order valence-electron chi connectivity index (χ1n) is 6.38. The second-order valence-electron chi connectivity index (χ2n) is 4.66. The second-order valence-corrected chi connectivity index (χ2v) is 6.54. The first kappa shape index (κ1) is 13.7. The molecule has 0 amide bonds. The average Bonchev–Trinajstić information content (AvgIpc) is 2.90. The molecule has 0 aromatic carbocycles. The van der Waals surface area contributed by atoms with E-state index in [1.807, 2.05) is 6.07 Å². The van der Waals surface area contributed by atoms with E-state index in [0.717, 1.165) is 25.7 Å². The van der Waals surface area contributed by atoms with Crippen LogP contribution in [0.1, 0.15) is 25.7 Å². The molecule has 1 aliphatic heterocycles. The maximum absolute atomic E-state index is 12.5. The van der Waals surface area contributed by atoms with Crippen molar-refractivity contribution >= 4 is 10.2 Å². The van der Waals surface area contributed by atoms with Crippen molar-refractivity contribution in [1.82, 2.24) is 8.61 Å². The summed E-state index contributed by atoms with van der Waals surface area (Å²) in [5.74, 6) is 0. The van der Waals surface area contributed by atoms with Crippen molar-refractivity contribution in [1.29, 1.82) is 5.26 Å². The number of hydrogen-bond donors (Lipinski definition) is 0. The molecule has 2 rings (SSSR count). The van der Waals surface area contributed by atoms with Gasteiger partial charge in [0, 0.05) is 19.1 Å². The standard InChI is InChI=1S/C11H19N3O3S/c12-5-6-14(11-3-1-2-4-11)18(15,16)13-7-9-17-10-8-13/h11H,1-4,6-10H2. The predicted molar refractivity (Wildman–Crippen MR) is 65.9 cm³/mol. The van der Waals surface area contributed by atoms with Gasteiger partial charge in [-0.25, -0.2) is 0 Å². The number of rotatable bonds is 4. The van der Waals surface area contributed by atoms with Crippen LogP contribution in [-0.4, -0.2) is 55.9 Å². The fraction of sp³-hybridized carbons (Fsp3) is 0.909. The fourth-order valence-corrected chi connectivity index (χ4v) is 4.30. The first-order chi connectivity index (χ1) is 8.66. The molecule has 0 radical (unpaired) electrons. The minimum Gasteiger partial charge on any atom is -0.379 e. The van der Waals surface area contributed by atoms with Crippen molar-refractivity contribution in [2.75, 3.05) is 32.8 Å². The highest BCUT2D eigenvalue weighted by Crippen LogP contribution is 2.26. The van der Waals surface area contributed by atoms with Crippen molar-refractivity contribution in [2.45, 2.75) is 31.7 Å². The summed E-state index contributed by atoms with van der Waals surface area (Å²) in [5.41, 5.74) is 0. The second kappa shape index (κ2) is 5.97. The topological polar surface area (TPSA) is 73.6 Å². The molecule has 0 bridgehead atoms. The third-order valence-corrected chi connectivity index (χ3v) is 5.59. The molecule has 0 spiro atoms. The van der Waals surface area contributed by atoms with Gasteiger partial charge in [-0.05, 0) is 12.8 Å². The third kappa shape index (κ3) is 2.83. The van der Waals surface area contributed by atoms with Crippen LogP contribution in [0, 0.1) is 11.3 Å². The van der Waals surface area contributed by atoms with Crippen LogP contribution in [0.5, 0.6) is 0 Å². The third-order valence-electron chi connectivity index (χ3n) is 3.55. The van der Waals surface area contributed by atoms with E-state index >= 15 is 0 Å². The molecule has 0 aromatic rings. The summed E-state index contributed by atoms with van der Waals surface area (Å²) in [6.45, 7) is 1.59. The van der Waals surface area contributed by atoms with Gasteiger partial charge < -0.3 is 4.74 Å². The molecule has 1 saturated heterocycles. The van der Waals surface area contributed by atoms with E-state index in [4.69, 9.17) is 10.00 Å². The lowest BCUT2D eigenvalue weighted by atomic mass is 10.2. The Labute approximate surface area is 108 Å². The van der Waals surface area contributed by atoms with Crippen LogP contribution in [0.2, 0.25) is 0 Å². The maximum Gasteiger partial charge on any atom is 0.283 e. The number of morpholine rings is 1. The van der Waals surface area contributed by atoms with E-state index in [1.54, 1.807) is 0 Å². The Kier molecular flexibility index (Phi) is 4.56. The van der Waals surface area contributed by atoms with Gasteiger partial charge in [0.15, 0.2) is 0 Å². The van der Waals surface area contributed by atoms with Gasteiger partial charge in [-0.2, -0.15) is 22.3 Å². The van der Waals surface area contributed by atoms with Crippen LogP contribution >= 0.6 is 0 Å². The van der Waals surface area contributed by atoms with Gasteiger partial charge in [-0.1, -0.05) is 12.8 Å². The monoisotopic (exact) mass is 273 g/mol. The minimum atomic E-state index is -3.51. The van der Waals surface area contributed by atoms with Gasteiger partial charge in [-0.3, -0.25) is 0 Å². The number of nitriles is 1. The van der Waals surface area contributed by atoms with Gasteiger partial charge in [0.1, 0.15) is 6.54 Å². The van der Waals surface area contributed by atoms with Crippen molar-refractivity contribution in [3.8, 4) is 6.07 Å². The molecule has 102 valence electrons. The molecular formula is C11H19N3O3S. The Morgan fingerprint density at radius 1 is 1.28 bits per heavy atom. The van der Waals surface area contributed by atoms with Gasteiger partial charge >= 0.3 is 0 Å². The quantitative estimate of drug-likeness (QED) is 0.692. The summed E-state index contributed by atoms with van der Waals surface area (Å²) >= 11 is 0. The van der Waals surface area contributed by atoms with E-state index in [9.17, 15) is 8.42 Å². The Morgan fingerprint density at radius 3 is 2.44 bits per heavy atom. The van der Waals surface area contributed by atoms with E-state index in [-0.39, 0.29) is 12.6 Å². The van der Waals surface area contributed by atoms with Crippen LogP contribution in [0.4, 0.5) is 0 Å². The Balaban J connectivity index is 2.14. The largest absolute Gasteiger partial charge is 0.379 e. The van der Waals surface area contributed by atoms with E-state index in [0.29, 0.717) is 26.3 Å². The molecule has 7 heteroatoms. The molecule has 1 aliphatic carbocycles. The van der Waals surface area contributed by atoms with Gasteiger partial charge in [-0.15, -0.1) is 0 Å². The highest BCUT2D eigenvalue weighted by atomic mass is 32.2. The highest BCUT2D eigenvalue weighted by molar-refractivity contribution is 7.86. The normalized spacial score (nSPS) is 23.3. The Morgan fingerprint density at radius 2 is 1.89 bits per heavy atom. The smallest absolute Gasteiger partial charge is 0.283 e. The molecule has 18 heavy (non-hydrogen) atoms. The summed E-state index contributed by atoms with van der Waals surface area (Å²) in [6, 6.07) is 1.98. The fourth-order valence-electron chi connectivity index (χ4n) is 2.59. The number of hydrogen-bond acceptors (Lipinski definition) is 4. The van der Waals surface area contributed by atoms with Crippen molar-refractivity contribution in [2.24, 2.45) is 0 Å². The maximum atomic E-state index is 12.5. The van der Waals surface area contributed by atoms with Gasteiger partial charge in [0.25, 0.3) is 10.2 Å².